The predicted octanol–water partition coefficient (Wildman–Crippen LogP) is 1.35. The number of hydrogen-bond donors (Lipinski definition) is 0. The van der Waals surface area contributed by atoms with Gasteiger partial charge in [-0.15, -0.1) is 0 Å². The van der Waals surface area contributed by atoms with Gasteiger partial charge in [-0.2, -0.15) is 0 Å². The van der Waals surface area contributed by atoms with Gasteiger partial charge in [0, 0.05) is 0 Å². The maximum absolute atomic E-state index is 2.38. The Morgan fingerprint density at radius 1 is 0.875 bits per heavy atom. The van der Waals surface area contributed by atoms with E-state index < -0.39 is 0 Å². The van der Waals surface area contributed by atoms with Gasteiger partial charge in [0.05, 0.1) is 0 Å². The van der Waals surface area contributed by atoms with Crippen LogP contribution >= 0.6 is 0 Å². The molecule has 8 heavy (non-hydrogen) atoms. The van der Waals surface area contributed by atoms with Crippen LogP contribution in [0.3, 0.4) is 0 Å². The third-order valence-electron chi connectivity index (χ3n) is 1.34. The maximum Gasteiger partial charge on any atom is 2.00 e. The van der Waals surface area contributed by atoms with Crippen molar-refractivity contribution in [3.05, 3.63) is 0 Å². The molecule has 0 aliphatic heterocycles. The second kappa shape index (κ2) is 7.48. The Morgan fingerprint density at radius 3 is 1.12 bits per heavy atom. The van der Waals surface area contributed by atoms with Gasteiger partial charge in [0.2, 0.25) is 0 Å². The number of rotatable bonds is 3. The van der Waals surface area contributed by atoms with E-state index >= 15 is 0 Å². The van der Waals surface area contributed by atoms with Crippen molar-refractivity contribution in [3.8, 4) is 0 Å². The van der Waals surface area contributed by atoms with Gasteiger partial charge in [-0.05, 0) is 19.6 Å². The maximum atomic E-state index is 2.38. The first kappa shape index (κ1) is 11.3. The molecule has 0 unspecified atom stereocenters. The van der Waals surface area contributed by atoms with Crippen molar-refractivity contribution in [2.75, 3.05) is 19.6 Å². The molecule has 1 nitrogen and oxygen atoms in total. The van der Waals surface area contributed by atoms with Crippen molar-refractivity contribution in [2.24, 2.45) is 0 Å². The summed E-state index contributed by atoms with van der Waals surface area (Å²) in [6, 6.07) is 0. The van der Waals surface area contributed by atoms with E-state index in [1.54, 1.807) is 0 Å². The van der Waals surface area contributed by atoms with Crippen molar-refractivity contribution in [2.45, 2.75) is 20.8 Å². The van der Waals surface area contributed by atoms with Crippen LogP contribution in [0.25, 0.3) is 0 Å². The minimum absolute atomic E-state index is 0. The Morgan fingerprint density at radius 2 is 1.12 bits per heavy atom. The van der Waals surface area contributed by atoms with Crippen LogP contribution in [0.1, 0.15) is 20.8 Å². The van der Waals surface area contributed by atoms with Gasteiger partial charge >= 0.3 is 17.1 Å². The summed E-state index contributed by atoms with van der Waals surface area (Å²) < 4.78 is 0. The molecule has 0 fully saturated rings. The van der Waals surface area contributed by atoms with Crippen LogP contribution in [0.15, 0.2) is 0 Å². The molecule has 0 saturated heterocycles. The minimum Gasteiger partial charge on any atom is -0.304 e. The van der Waals surface area contributed by atoms with E-state index in [0.717, 1.165) is 0 Å². The van der Waals surface area contributed by atoms with E-state index in [2.05, 4.69) is 25.7 Å². The van der Waals surface area contributed by atoms with Crippen LogP contribution < -0.4 is 0 Å². The molecule has 0 amide bonds. The smallest absolute Gasteiger partial charge is 0.304 e. The van der Waals surface area contributed by atoms with Gasteiger partial charge in [-0.25, -0.2) is 0 Å². The van der Waals surface area contributed by atoms with Crippen LogP contribution in [0.4, 0.5) is 0 Å². The fourth-order valence-electron chi connectivity index (χ4n) is 0.671. The van der Waals surface area contributed by atoms with E-state index in [4.69, 9.17) is 0 Å². The quantitative estimate of drug-likeness (QED) is 0.557. The topological polar surface area (TPSA) is 3.24 Å². The summed E-state index contributed by atoms with van der Waals surface area (Å²) in [6.07, 6.45) is 0. The zero-order valence-electron chi connectivity index (χ0n) is 5.95. The second-order valence-electron chi connectivity index (χ2n) is 1.62. The molecule has 0 aromatic rings. The molecule has 0 aliphatic rings. The standard InChI is InChI=1S/C6H15N.Mn/c1-4-7(5-2)6-3;/h4-6H2,1-3H3;/q;+2. The van der Waals surface area contributed by atoms with Gasteiger partial charge in [-0.3, -0.25) is 0 Å². The Balaban J connectivity index is 0. The van der Waals surface area contributed by atoms with Crippen molar-refractivity contribution in [1.29, 1.82) is 0 Å². The summed E-state index contributed by atoms with van der Waals surface area (Å²) >= 11 is 0. The Bertz CT molecular complexity index is 30.0. The van der Waals surface area contributed by atoms with Crippen molar-refractivity contribution in [3.63, 3.8) is 0 Å². The Labute approximate surface area is 62.9 Å². The molecule has 0 aliphatic carbocycles. The average Bonchev–Trinajstić information content (AvgIpc) is 1.72. The van der Waals surface area contributed by atoms with E-state index in [9.17, 15) is 0 Å². The first-order valence-electron chi connectivity index (χ1n) is 3.07. The Hall–Kier alpha value is 0.479. The third-order valence-corrected chi connectivity index (χ3v) is 1.34. The van der Waals surface area contributed by atoms with E-state index in [1.165, 1.54) is 19.6 Å². The molecular formula is C6H15MnN+2. The molecular weight excluding hydrogens is 141 g/mol. The summed E-state index contributed by atoms with van der Waals surface area (Å²) in [4.78, 5) is 2.38. The summed E-state index contributed by atoms with van der Waals surface area (Å²) in [5.74, 6) is 0. The largest absolute Gasteiger partial charge is 2.00 e. The minimum atomic E-state index is 0. The van der Waals surface area contributed by atoms with Gasteiger partial charge in [0.1, 0.15) is 0 Å². The summed E-state index contributed by atoms with van der Waals surface area (Å²) in [5.41, 5.74) is 0. The van der Waals surface area contributed by atoms with E-state index in [0.29, 0.717) is 0 Å². The molecule has 0 bridgehead atoms. The van der Waals surface area contributed by atoms with Gasteiger partial charge in [0.15, 0.2) is 0 Å². The molecule has 0 spiro atoms. The Kier molecular flexibility index (Phi) is 10.6. The summed E-state index contributed by atoms with van der Waals surface area (Å²) in [5, 5.41) is 0. The van der Waals surface area contributed by atoms with E-state index in [-0.39, 0.29) is 17.1 Å². The molecule has 0 N–H and O–H groups in total. The number of hydrogen-bond acceptors (Lipinski definition) is 1. The van der Waals surface area contributed by atoms with Crippen molar-refractivity contribution in [1.82, 2.24) is 4.90 Å². The van der Waals surface area contributed by atoms with Gasteiger partial charge < -0.3 is 4.90 Å². The average molecular weight is 156 g/mol. The monoisotopic (exact) mass is 156 g/mol. The normalized spacial score (nSPS) is 9.00. The molecule has 0 aromatic carbocycles. The van der Waals surface area contributed by atoms with Gasteiger partial charge in [-0.1, -0.05) is 20.8 Å². The molecule has 2 heteroatoms. The molecule has 0 heterocycles. The summed E-state index contributed by atoms with van der Waals surface area (Å²) in [7, 11) is 0. The molecule has 0 aromatic heterocycles. The molecule has 1 radical (unpaired) electrons. The van der Waals surface area contributed by atoms with Crippen LogP contribution in [0, 0.1) is 0 Å². The predicted molar refractivity (Wildman–Crippen MR) is 33.5 cm³/mol. The van der Waals surface area contributed by atoms with Crippen LogP contribution in [0.5, 0.6) is 0 Å². The summed E-state index contributed by atoms with van der Waals surface area (Å²) in [6.45, 7) is 10.1. The van der Waals surface area contributed by atoms with Crippen molar-refractivity contribution >= 4 is 0 Å². The zero-order valence-corrected chi connectivity index (χ0v) is 7.13. The first-order valence-corrected chi connectivity index (χ1v) is 3.07. The fourth-order valence-corrected chi connectivity index (χ4v) is 0.671. The van der Waals surface area contributed by atoms with Gasteiger partial charge in [0.25, 0.3) is 0 Å². The second-order valence-corrected chi connectivity index (χ2v) is 1.62. The molecule has 0 rings (SSSR count). The van der Waals surface area contributed by atoms with Crippen molar-refractivity contribution < 1.29 is 17.1 Å². The first-order chi connectivity index (χ1) is 3.35. The zero-order chi connectivity index (χ0) is 5.70. The molecule has 0 saturated carbocycles. The SMILES string of the molecule is CCN(CC)CC.[Mn+2]. The number of nitrogens with zero attached hydrogens (tertiary/aromatic N) is 1. The van der Waals surface area contributed by atoms with Crippen LogP contribution in [-0.4, -0.2) is 24.5 Å². The van der Waals surface area contributed by atoms with Crippen LogP contribution in [0.2, 0.25) is 0 Å². The molecule has 0 atom stereocenters. The third kappa shape index (κ3) is 4.63. The van der Waals surface area contributed by atoms with Crippen LogP contribution in [-0.2, 0) is 17.1 Å². The van der Waals surface area contributed by atoms with E-state index in [1.807, 2.05) is 0 Å². The molecule has 49 valence electrons. The fraction of sp³-hybridized carbons (Fsp3) is 1.00.